The Morgan fingerprint density at radius 2 is 1.90 bits per heavy atom. The fraction of sp³-hybridized carbons (Fsp3) is 0.261. The largest absolute Gasteiger partial charge is 0.472 e. The molecule has 8 heteroatoms. The van der Waals surface area contributed by atoms with Crippen molar-refractivity contribution in [2.75, 3.05) is 18.0 Å². The smallest absolute Gasteiger partial charge is 0.417 e. The van der Waals surface area contributed by atoms with Gasteiger partial charge in [-0.1, -0.05) is 24.3 Å². The van der Waals surface area contributed by atoms with E-state index < -0.39 is 11.7 Å². The molecule has 0 saturated carbocycles. The van der Waals surface area contributed by atoms with Crippen LogP contribution in [0.15, 0.2) is 60.8 Å². The number of pyridine rings is 1. The van der Waals surface area contributed by atoms with Gasteiger partial charge in [0.2, 0.25) is 5.88 Å². The Hall–Kier alpha value is -3.13. The minimum atomic E-state index is -4.44. The maximum atomic E-state index is 14.1. The summed E-state index contributed by atoms with van der Waals surface area (Å²) in [4.78, 5) is 5.79. The maximum Gasteiger partial charge on any atom is 0.417 e. The van der Waals surface area contributed by atoms with Gasteiger partial charge in [0.25, 0.3) is 0 Å². The Morgan fingerprint density at radius 3 is 2.58 bits per heavy atom. The number of hydrogen-bond donors (Lipinski definition) is 1. The molecule has 1 atom stereocenters. The number of aliphatic hydroxyl groups excluding tert-OH is 1. The Labute approximate surface area is 176 Å². The van der Waals surface area contributed by atoms with E-state index in [2.05, 4.69) is 4.98 Å². The van der Waals surface area contributed by atoms with Crippen LogP contribution >= 0.6 is 0 Å². The van der Waals surface area contributed by atoms with Gasteiger partial charge in [-0.05, 0) is 29.8 Å². The highest BCUT2D eigenvalue weighted by Gasteiger charge is 2.31. The van der Waals surface area contributed by atoms with E-state index in [1.54, 1.807) is 30.3 Å². The fourth-order valence-corrected chi connectivity index (χ4v) is 3.72. The molecule has 2 aromatic carbocycles. The molecule has 0 radical (unpaired) electrons. The van der Waals surface area contributed by atoms with Gasteiger partial charge in [0.15, 0.2) is 0 Å². The molecule has 2 heterocycles. The van der Waals surface area contributed by atoms with E-state index in [4.69, 9.17) is 4.74 Å². The molecule has 1 N–H and O–H groups in total. The highest BCUT2D eigenvalue weighted by molar-refractivity contribution is 5.69. The number of hydrogen-bond acceptors (Lipinski definition) is 4. The van der Waals surface area contributed by atoms with Crippen molar-refractivity contribution in [1.82, 2.24) is 4.98 Å². The number of halogens is 4. The summed E-state index contributed by atoms with van der Waals surface area (Å²) in [5.74, 6) is -0.199. The average molecular weight is 432 g/mol. The molecule has 0 bridgehead atoms. The van der Waals surface area contributed by atoms with Crippen LogP contribution in [0.5, 0.6) is 5.88 Å². The summed E-state index contributed by atoms with van der Waals surface area (Å²) < 4.78 is 57.8. The molecule has 31 heavy (non-hydrogen) atoms. The van der Waals surface area contributed by atoms with Gasteiger partial charge in [0.1, 0.15) is 11.9 Å². The molecule has 1 fully saturated rings. The van der Waals surface area contributed by atoms with E-state index in [0.29, 0.717) is 36.2 Å². The van der Waals surface area contributed by atoms with Gasteiger partial charge in [-0.25, -0.2) is 9.37 Å². The SMILES string of the molecule is OCc1cc(-c2ccccc2F)ccc1N1CC[C@H](Oc2ccc(C(F)(F)F)cn2)C1. The van der Waals surface area contributed by atoms with E-state index in [1.807, 2.05) is 11.0 Å². The van der Waals surface area contributed by atoms with Crippen molar-refractivity contribution in [3.63, 3.8) is 0 Å². The lowest BCUT2D eigenvalue weighted by atomic mass is 10.0. The van der Waals surface area contributed by atoms with Gasteiger partial charge < -0.3 is 14.7 Å². The van der Waals surface area contributed by atoms with Crippen molar-refractivity contribution < 1.29 is 27.4 Å². The molecule has 3 aromatic rings. The van der Waals surface area contributed by atoms with E-state index in [0.717, 1.165) is 18.0 Å². The molecule has 4 rings (SSSR count). The van der Waals surface area contributed by atoms with E-state index in [1.165, 1.54) is 12.1 Å². The van der Waals surface area contributed by atoms with Gasteiger partial charge >= 0.3 is 6.18 Å². The predicted octanol–water partition coefficient (Wildman–Crippen LogP) is 5.06. The lowest BCUT2D eigenvalue weighted by Gasteiger charge is -2.22. The molecular weight excluding hydrogens is 412 g/mol. The van der Waals surface area contributed by atoms with Crippen molar-refractivity contribution in [3.05, 3.63) is 77.7 Å². The first-order valence-corrected chi connectivity index (χ1v) is 9.78. The van der Waals surface area contributed by atoms with Gasteiger partial charge in [0, 0.05) is 42.0 Å². The van der Waals surface area contributed by atoms with Crippen molar-refractivity contribution in [2.45, 2.75) is 25.3 Å². The quantitative estimate of drug-likeness (QED) is 0.573. The van der Waals surface area contributed by atoms with Gasteiger partial charge in [0.05, 0.1) is 18.7 Å². The Balaban J connectivity index is 1.47. The second kappa shape index (κ2) is 8.55. The monoisotopic (exact) mass is 432 g/mol. The Morgan fingerprint density at radius 1 is 1.10 bits per heavy atom. The highest BCUT2D eigenvalue weighted by atomic mass is 19.4. The number of aliphatic hydroxyl groups is 1. The number of anilines is 1. The van der Waals surface area contributed by atoms with E-state index in [-0.39, 0.29) is 24.4 Å². The fourth-order valence-electron chi connectivity index (χ4n) is 3.72. The van der Waals surface area contributed by atoms with Crippen molar-refractivity contribution >= 4 is 5.69 Å². The summed E-state index contributed by atoms with van der Waals surface area (Å²) in [7, 11) is 0. The number of benzene rings is 2. The van der Waals surface area contributed by atoms with Gasteiger partial charge in [-0.2, -0.15) is 13.2 Å². The molecule has 1 saturated heterocycles. The number of alkyl halides is 3. The molecule has 0 unspecified atom stereocenters. The summed E-state index contributed by atoms with van der Waals surface area (Å²) in [6.45, 7) is 0.937. The third-order valence-corrected chi connectivity index (χ3v) is 5.27. The van der Waals surface area contributed by atoms with Crippen molar-refractivity contribution in [3.8, 4) is 17.0 Å². The predicted molar refractivity (Wildman–Crippen MR) is 108 cm³/mol. The number of ether oxygens (including phenoxy) is 1. The highest BCUT2D eigenvalue weighted by Crippen LogP contribution is 2.32. The normalized spacial score (nSPS) is 16.5. The molecule has 0 amide bonds. The number of nitrogens with zero attached hydrogens (tertiary/aromatic N) is 2. The summed E-state index contributed by atoms with van der Waals surface area (Å²) >= 11 is 0. The van der Waals surface area contributed by atoms with Gasteiger partial charge in [-0.15, -0.1) is 0 Å². The minimum Gasteiger partial charge on any atom is -0.472 e. The zero-order chi connectivity index (χ0) is 22.0. The van der Waals surface area contributed by atoms with Crippen molar-refractivity contribution in [1.29, 1.82) is 0 Å². The first-order valence-electron chi connectivity index (χ1n) is 9.78. The van der Waals surface area contributed by atoms with Crippen LogP contribution in [0.1, 0.15) is 17.5 Å². The van der Waals surface area contributed by atoms with Crippen LogP contribution in [-0.4, -0.2) is 29.3 Å². The van der Waals surface area contributed by atoms with Crippen LogP contribution in [0.4, 0.5) is 23.2 Å². The second-order valence-corrected chi connectivity index (χ2v) is 7.34. The molecule has 1 aliphatic rings. The Kier molecular flexibility index (Phi) is 5.82. The van der Waals surface area contributed by atoms with E-state index >= 15 is 0 Å². The first-order chi connectivity index (χ1) is 14.8. The van der Waals surface area contributed by atoms with Crippen molar-refractivity contribution in [2.24, 2.45) is 0 Å². The molecule has 1 aromatic heterocycles. The third kappa shape index (κ3) is 4.64. The van der Waals surface area contributed by atoms with E-state index in [9.17, 15) is 22.7 Å². The summed E-state index contributed by atoms with van der Waals surface area (Å²) in [5.41, 5.74) is 1.78. The van der Waals surface area contributed by atoms with Crippen LogP contribution in [0.2, 0.25) is 0 Å². The molecule has 162 valence electrons. The average Bonchev–Trinajstić information content (AvgIpc) is 3.21. The minimum absolute atomic E-state index is 0.136. The molecule has 0 aliphatic carbocycles. The summed E-state index contributed by atoms with van der Waals surface area (Å²) in [6, 6.07) is 14.0. The molecule has 1 aliphatic heterocycles. The lowest BCUT2D eigenvalue weighted by Crippen LogP contribution is -2.25. The number of aromatic nitrogens is 1. The van der Waals surface area contributed by atoms with Crippen LogP contribution in [0.25, 0.3) is 11.1 Å². The van der Waals surface area contributed by atoms with Gasteiger partial charge in [-0.3, -0.25) is 0 Å². The summed E-state index contributed by atoms with van der Waals surface area (Å²) in [5, 5.41) is 9.86. The maximum absolute atomic E-state index is 14.1. The second-order valence-electron chi connectivity index (χ2n) is 7.34. The lowest BCUT2D eigenvalue weighted by molar-refractivity contribution is -0.137. The van der Waals surface area contributed by atoms with Crippen LogP contribution in [0.3, 0.4) is 0 Å². The van der Waals surface area contributed by atoms with Crippen LogP contribution < -0.4 is 9.64 Å². The first kappa shape index (κ1) is 21.1. The summed E-state index contributed by atoms with van der Waals surface area (Å²) in [6.07, 6.45) is -3.27. The van der Waals surface area contributed by atoms with Crippen LogP contribution in [-0.2, 0) is 12.8 Å². The Bertz CT molecular complexity index is 1050. The molecule has 0 spiro atoms. The zero-order valence-electron chi connectivity index (χ0n) is 16.4. The standard InChI is InChI=1S/C23H20F4N2O2/c24-20-4-2-1-3-19(20)15-5-7-21(16(11-15)14-30)29-10-9-18(13-29)31-22-8-6-17(12-28-22)23(25,26)27/h1-8,11-12,18,30H,9-10,13-14H2/t18-/m0/s1. The molecular formula is C23H20F4N2O2. The third-order valence-electron chi connectivity index (χ3n) is 5.27. The zero-order valence-corrected chi connectivity index (χ0v) is 16.4. The topological polar surface area (TPSA) is 45.6 Å². The molecule has 4 nitrogen and oxygen atoms in total. The number of rotatable bonds is 5. The van der Waals surface area contributed by atoms with Crippen LogP contribution in [0, 0.1) is 5.82 Å².